The predicted octanol–water partition coefficient (Wildman–Crippen LogP) is 2.65. The number of amidine groups is 1. The van der Waals surface area contributed by atoms with Crippen molar-refractivity contribution in [2.75, 3.05) is 13.1 Å². The van der Waals surface area contributed by atoms with Crippen LogP contribution in [0.15, 0.2) is 11.2 Å². The van der Waals surface area contributed by atoms with Gasteiger partial charge in [-0.05, 0) is 18.9 Å². The number of hydrogen-bond acceptors (Lipinski definition) is 4. The molecule has 2 heterocycles. The van der Waals surface area contributed by atoms with Gasteiger partial charge in [-0.15, -0.1) is 11.3 Å². The summed E-state index contributed by atoms with van der Waals surface area (Å²) >= 11 is 13.0. The molecule has 104 valence electrons. The van der Waals surface area contributed by atoms with E-state index in [4.69, 9.17) is 34.1 Å². The van der Waals surface area contributed by atoms with Crippen molar-refractivity contribution in [2.24, 2.45) is 16.8 Å². The number of piperidine rings is 1. The minimum atomic E-state index is -0.163. The minimum Gasteiger partial charge on any atom is -0.409 e. The first-order chi connectivity index (χ1) is 9.02. The molecule has 1 amide bonds. The highest BCUT2D eigenvalue weighted by atomic mass is 35.5. The van der Waals surface area contributed by atoms with E-state index in [0.717, 1.165) is 12.8 Å². The molecule has 1 aliphatic rings. The molecule has 0 aromatic carbocycles. The molecule has 1 aromatic rings. The molecular weight excluding hydrogens is 309 g/mol. The van der Waals surface area contributed by atoms with Gasteiger partial charge in [-0.1, -0.05) is 28.4 Å². The van der Waals surface area contributed by atoms with Crippen LogP contribution in [0.2, 0.25) is 8.67 Å². The van der Waals surface area contributed by atoms with Gasteiger partial charge in [0.15, 0.2) is 0 Å². The van der Waals surface area contributed by atoms with Crippen LogP contribution in [0.4, 0.5) is 0 Å². The van der Waals surface area contributed by atoms with Crippen molar-refractivity contribution in [3.8, 4) is 0 Å². The molecule has 0 radical (unpaired) electrons. The standard InChI is InChI=1S/C11H13Cl2N3O2S/c12-8-4-7(9(13)19-8)11(17)16-3-1-2-6(5-16)10(14)15-18/h4,6,18H,1-3,5H2,(H2,14,15). The van der Waals surface area contributed by atoms with Crippen LogP contribution in [0.1, 0.15) is 23.2 Å². The van der Waals surface area contributed by atoms with E-state index in [1.54, 1.807) is 11.0 Å². The maximum Gasteiger partial charge on any atom is 0.256 e. The number of likely N-dealkylation sites (tertiary alicyclic amines) is 1. The van der Waals surface area contributed by atoms with Crippen LogP contribution in [0.5, 0.6) is 0 Å². The summed E-state index contributed by atoms with van der Waals surface area (Å²) in [4.78, 5) is 14.0. The summed E-state index contributed by atoms with van der Waals surface area (Å²) in [6, 6.07) is 1.57. The molecule has 8 heteroatoms. The number of halogens is 2. The summed E-state index contributed by atoms with van der Waals surface area (Å²) in [5.74, 6) is -0.119. The first kappa shape index (κ1) is 14.4. The highest BCUT2D eigenvalue weighted by Crippen LogP contribution is 2.32. The largest absolute Gasteiger partial charge is 0.409 e. The van der Waals surface area contributed by atoms with Gasteiger partial charge < -0.3 is 15.8 Å². The maximum atomic E-state index is 12.3. The van der Waals surface area contributed by atoms with Crippen molar-refractivity contribution >= 4 is 46.3 Å². The Morgan fingerprint density at radius 3 is 2.89 bits per heavy atom. The number of carbonyl (C=O) groups excluding carboxylic acids is 1. The van der Waals surface area contributed by atoms with Crippen molar-refractivity contribution in [2.45, 2.75) is 12.8 Å². The number of rotatable bonds is 2. The molecule has 1 aliphatic heterocycles. The number of nitrogens with zero attached hydrogens (tertiary/aromatic N) is 2. The van der Waals surface area contributed by atoms with Gasteiger partial charge in [0.1, 0.15) is 10.2 Å². The van der Waals surface area contributed by atoms with Crippen LogP contribution in [0.3, 0.4) is 0 Å². The summed E-state index contributed by atoms with van der Waals surface area (Å²) in [5.41, 5.74) is 6.01. The fraction of sp³-hybridized carbons (Fsp3) is 0.455. The SMILES string of the molecule is N/C(=N/O)C1CCCN(C(=O)c2cc(Cl)sc2Cl)C1. The Hall–Kier alpha value is -0.980. The summed E-state index contributed by atoms with van der Waals surface area (Å²) in [6.07, 6.45) is 1.61. The summed E-state index contributed by atoms with van der Waals surface area (Å²) < 4.78 is 0.874. The van der Waals surface area contributed by atoms with Gasteiger partial charge in [0, 0.05) is 19.0 Å². The number of hydrogen-bond donors (Lipinski definition) is 2. The van der Waals surface area contributed by atoms with Crippen molar-refractivity contribution in [1.82, 2.24) is 4.90 Å². The van der Waals surface area contributed by atoms with E-state index in [1.165, 1.54) is 11.3 Å². The first-order valence-electron chi connectivity index (χ1n) is 5.74. The highest BCUT2D eigenvalue weighted by molar-refractivity contribution is 7.20. The zero-order valence-electron chi connectivity index (χ0n) is 9.97. The summed E-state index contributed by atoms with van der Waals surface area (Å²) in [5, 5.41) is 11.7. The van der Waals surface area contributed by atoms with Crippen LogP contribution in [-0.2, 0) is 0 Å². The van der Waals surface area contributed by atoms with E-state index < -0.39 is 0 Å². The normalized spacial score (nSPS) is 20.6. The van der Waals surface area contributed by atoms with Gasteiger partial charge in [0.25, 0.3) is 5.91 Å². The van der Waals surface area contributed by atoms with Gasteiger partial charge in [-0.2, -0.15) is 0 Å². The molecule has 1 aromatic heterocycles. The quantitative estimate of drug-likeness (QED) is 0.380. The Kier molecular flexibility index (Phi) is 4.54. The zero-order chi connectivity index (χ0) is 14.0. The number of carbonyl (C=O) groups is 1. The van der Waals surface area contributed by atoms with E-state index in [2.05, 4.69) is 5.16 Å². The number of oxime groups is 1. The second-order valence-corrected chi connectivity index (χ2v) is 6.64. The van der Waals surface area contributed by atoms with Crippen molar-refractivity contribution < 1.29 is 10.0 Å². The Morgan fingerprint density at radius 1 is 1.58 bits per heavy atom. The van der Waals surface area contributed by atoms with Crippen molar-refractivity contribution in [3.05, 3.63) is 20.3 Å². The van der Waals surface area contributed by atoms with Gasteiger partial charge in [-0.3, -0.25) is 4.79 Å². The topological polar surface area (TPSA) is 78.9 Å². The summed E-state index contributed by atoms with van der Waals surface area (Å²) in [7, 11) is 0. The fourth-order valence-electron chi connectivity index (χ4n) is 2.14. The van der Waals surface area contributed by atoms with Crippen LogP contribution < -0.4 is 5.73 Å². The van der Waals surface area contributed by atoms with Crippen LogP contribution in [-0.4, -0.2) is 34.9 Å². The van der Waals surface area contributed by atoms with Gasteiger partial charge in [0.2, 0.25) is 0 Å². The average Bonchev–Trinajstić information content (AvgIpc) is 2.76. The molecular formula is C11H13Cl2N3O2S. The average molecular weight is 322 g/mol. The Balaban J connectivity index is 2.13. The molecule has 0 aliphatic carbocycles. The molecule has 0 saturated carbocycles. The van der Waals surface area contributed by atoms with Crippen LogP contribution >= 0.6 is 34.5 Å². The molecule has 0 bridgehead atoms. The molecule has 1 atom stereocenters. The third kappa shape index (κ3) is 3.13. The third-order valence-corrected chi connectivity index (χ3v) is 4.62. The molecule has 5 nitrogen and oxygen atoms in total. The van der Waals surface area contributed by atoms with Crippen molar-refractivity contribution in [1.29, 1.82) is 0 Å². The highest BCUT2D eigenvalue weighted by Gasteiger charge is 2.28. The molecule has 1 saturated heterocycles. The zero-order valence-corrected chi connectivity index (χ0v) is 12.3. The number of thiophene rings is 1. The van der Waals surface area contributed by atoms with E-state index >= 15 is 0 Å². The molecule has 1 unspecified atom stereocenters. The first-order valence-corrected chi connectivity index (χ1v) is 7.31. The van der Waals surface area contributed by atoms with E-state index in [1.807, 2.05) is 0 Å². The Morgan fingerprint density at radius 2 is 2.32 bits per heavy atom. The maximum absolute atomic E-state index is 12.3. The van der Waals surface area contributed by atoms with Gasteiger partial charge >= 0.3 is 0 Å². The summed E-state index contributed by atoms with van der Waals surface area (Å²) in [6.45, 7) is 1.07. The molecule has 19 heavy (non-hydrogen) atoms. The molecule has 2 rings (SSSR count). The lowest BCUT2D eigenvalue weighted by atomic mass is 9.96. The van der Waals surface area contributed by atoms with Crippen LogP contribution in [0, 0.1) is 5.92 Å². The van der Waals surface area contributed by atoms with Gasteiger partial charge in [-0.25, -0.2) is 0 Å². The lowest BCUT2D eigenvalue weighted by molar-refractivity contribution is 0.0702. The number of amides is 1. The lowest BCUT2D eigenvalue weighted by Gasteiger charge is -2.32. The number of nitrogens with two attached hydrogens (primary N) is 1. The Labute approximate surface area is 124 Å². The second-order valence-electron chi connectivity index (χ2n) is 4.35. The molecule has 0 spiro atoms. The smallest absolute Gasteiger partial charge is 0.256 e. The third-order valence-electron chi connectivity index (χ3n) is 3.13. The van der Waals surface area contributed by atoms with E-state index in [-0.39, 0.29) is 17.7 Å². The van der Waals surface area contributed by atoms with Gasteiger partial charge in [0.05, 0.1) is 9.90 Å². The van der Waals surface area contributed by atoms with E-state index in [9.17, 15) is 4.79 Å². The second kappa shape index (κ2) is 5.98. The molecule has 3 N–H and O–H groups in total. The van der Waals surface area contributed by atoms with Crippen LogP contribution in [0.25, 0.3) is 0 Å². The monoisotopic (exact) mass is 321 g/mol. The lowest BCUT2D eigenvalue weighted by Crippen LogP contribution is -2.44. The minimum absolute atomic E-state index is 0.115. The fourth-order valence-corrected chi connectivity index (χ4v) is 3.59. The molecule has 1 fully saturated rings. The van der Waals surface area contributed by atoms with E-state index in [0.29, 0.717) is 27.3 Å². The predicted molar refractivity (Wildman–Crippen MR) is 76.4 cm³/mol. The van der Waals surface area contributed by atoms with Crippen molar-refractivity contribution in [3.63, 3.8) is 0 Å². The Bertz CT molecular complexity index is 518.